The predicted octanol–water partition coefficient (Wildman–Crippen LogP) is 4.09. The highest BCUT2D eigenvalue weighted by Crippen LogP contribution is 2.32. The minimum Gasteiger partial charge on any atom is -0.377 e. The first-order valence-electron chi connectivity index (χ1n) is 5.68. The van der Waals surface area contributed by atoms with E-state index in [1.165, 1.54) is 6.26 Å². The summed E-state index contributed by atoms with van der Waals surface area (Å²) in [6.45, 7) is 2.01. The summed E-state index contributed by atoms with van der Waals surface area (Å²) >= 11 is 5.12. The Bertz CT molecular complexity index is 679. The molecule has 6 heteroatoms. The summed E-state index contributed by atoms with van der Waals surface area (Å²) in [7, 11) is -3.23. The third-order valence-electron chi connectivity index (χ3n) is 2.70. The van der Waals surface area contributed by atoms with E-state index >= 15 is 0 Å². The highest BCUT2D eigenvalue weighted by atomic mass is 79.9. The molecule has 0 aliphatic carbocycles. The van der Waals surface area contributed by atoms with Gasteiger partial charge in [0.25, 0.3) is 0 Å². The fourth-order valence-electron chi connectivity index (χ4n) is 1.82. The molecule has 0 saturated carbocycles. The second-order valence-corrected chi connectivity index (χ2v) is 8.05. The van der Waals surface area contributed by atoms with E-state index < -0.39 is 9.84 Å². The lowest BCUT2D eigenvalue weighted by Crippen LogP contribution is -2.09. The molecule has 1 heterocycles. The van der Waals surface area contributed by atoms with Gasteiger partial charge in [-0.15, -0.1) is 11.3 Å². The summed E-state index contributed by atoms with van der Waals surface area (Å²) < 4.78 is 24.5. The number of sulfone groups is 1. The minimum atomic E-state index is -3.23. The van der Waals surface area contributed by atoms with Gasteiger partial charge in [-0.2, -0.15) is 0 Å². The third kappa shape index (κ3) is 3.38. The van der Waals surface area contributed by atoms with Gasteiger partial charge in [0.1, 0.15) is 0 Å². The van der Waals surface area contributed by atoms with Crippen LogP contribution < -0.4 is 5.32 Å². The quantitative estimate of drug-likeness (QED) is 0.893. The van der Waals surface area contributed by atoms with Crippen LogP contribution in [0, 0.1) is 0 Å². The van der Waals surface area contributed by atoms with E-state index in [0.717, 1.165) is 9.35 Å². The van der Waals surface area contributed by atoms with Crippen LogP contribution in [0.15, 0.2) is 45.1 Å². The third-order valence-corrected chi connectivity index (χ3v) is 5.91. The smallest absolute Gasteiger partial charge is 0.177 e. The molecule has 2 rings (SSSR count). The molecule has 1 atom stereocenters. The molecule has 0 spiro atoms. The van der Waals surface area contributed by atoms with Crippen molar-refractivity contribution in [2.24, 2.45) is 0 Å². The minimum absolute atomic E-state index is 0.0391. The predicted molar refractivity (Wildman–Crippen MR) is 83.6 cm³/mol. The Morgan fingerprint density at radius 1 is 1.26 bits per heavy atom. The van der Waals surface area contributed by atoms with E-state index in [1.807, 2.05) is 24.4 Å². The second-order valence-electron chi connectivity index (χ2n) is 4.27. The van der Waals surface area contributed by atoms with Crippen LogP contribution in [-0.2, 0) is 9.84 Å². The Labute approximate surface area is 125 Å². The molecule has 102 valence electrons. The van der Waals surface area contributed by atoms with E-state index in [2.05, 4.69) is 21.2 Å². The van der Waals surface area contributed by atoms with Gasteiger partial charge >= 0.3 is 0 Å². The zero-order chi connectivity index (χ0) is 14.0. The fourth-order valence-corrected chi connectivity index (χ4v) is 4.40. The lowest BCUT2D eigenvalue weighted by atomic mass is 10.2. The normalized spacial score (nSPS) is 13.2. The number of thiophene rings is 1. The molecule has 0 amide bonds. The number of nitrogens with one attached hydrogen (secondary N) is 1. The average Bonchev–Trinajstić information content (AvgIpc) is 2.75. The Hall–Kier alpha value is -0.850. The van der Waals surface area contributed by atoms with E-state index in [9.17, 15) is 8.42 Å². The summed E-state index contributed by atoms with van der Waals surface area (Å²) in [4.78, 5) is 1.47. The van der Waals surface area contributed by atoms with Gasteiger partial charge in [0.15, 0.2) is 9.84 Å². The number of hydrogen-bond acceptors (Lipinski definition) is 4. The van der Waals surface area contributed by atoms with Crippen molar-refractivity contribution >= 4 is 42.8 Å². The van der Waals surface area contributed by atoms with Crippen molar-refractivity contribution < 1.29 is 8.42 Å². The van der Waals surface area contributed by atoms with Crippen LogP contribution in [-0.4, -0.2) is 14.7 Å². The van der Waals surface area contributed by atoms with Crippen LogP contribution in [0.1, 0.15) is 17.8 Å². The van der Waals surface area contributed by atoms with Crippen molar-refractivity contribution in [3.8, 4) is 0 Å². The van der Waals surface area contributed by atoms with Gasteiger partial charge < -0.3 is 5.32 Å². The first kappa shape index (κ1) is 14.6. The van der Waals surface area contributed by atoms with Crippen molar-refractivity contribution in [1.29, 1.82) is 0 Å². The SMILES string of the molecule is CC(Nc1ccccc1S(C)(=O)=O)c1sccc1Br. The molecule has 19 heavy (non-hydrogen) atoms. The maximum atomic E-state index is 11.7. The molecule has 1 N–H and O–H groups in total. The standard InChI is InChI=1S/C13H14BrNO2S2/c1-9(13-10(14)7-8-18-13)15-11-5-3-4-6-12(11)19(2,16)17/h3-9,15H,1-2H3. The fraction of sp³-hybridized carbons (Fsp3) is 0.231. The lowest BCUT2D eigenvalue weighted by Gasteiger charge is -2.17. The molecule has 1 aromatic heterocycles. The molecule has 0 radical (unpaired) electrons. The molecule has 0 fully saturated rings. The number of para-hydroxylation sites is 1. The molecule has 0 bridgehead atoms. The topological polar surface area (TPSA) is 46.2 Å². The van der Waals surface area contributed by atoms with Gasteiger partial charge in [0.2, 0.25) is 0 Å². The van der Waals surface area contributed by atoms with Gasteiger partial charge in [-0.05, 0) is 46.4 Å². The Morgan fingerprint density at radius 2 is 1.95 bits per heavy atom. The van der Waals surface area contributed by atoms with E-state index in [-0.39, 0.29) is 6.04 Å². The van der Waals surface area contributed by atoms with E-state index in [0.29, 0.717) is 10.6 Å². The second kappa shape index (κ2) is 5.64. The van der Waals surface area contributed by atoms with Crippen LogP contribution in [0.4, 0.5) is 5.69 Å². The molecule has 0 aliphatic rings. The monoisotopic (exact) mass is 359 g/mol. The van der Waals surface area contributed by atoms with Crippen LogP contribution in [0.3, 0.4) is 0 Å². The van der Waals surface area contributed by atoms with Gasteiger partial charge in [0.05, 0.1) is 16.6 Å². The largest absolute Gasteiger partial charge is 0.377 e. The average molecular weight is 360 g/mol. The summed E-state index contributed by atoms with van der Waals surface area (Å²) in [6, 6.07) is 8.99. The number of hydrogen-bond donors (Lipinski definition) is 1. The summed E-state index contributed by atoms with van der Waals surface area (Å²) in [6.07, 6.45) is 1.22. The van der Waals surface area contributed by atoms with E-state index in [1.54, 1.807) is 29.5 Å². The van der Waals surface area contributed by atoms with Gasteiger partial charge in [-0.1, -0.05) is 12.1 Å². The van der Waals surface area contributed by atoms with Gasteiger partial charge in [-0.3, -0.25) is 0 Å². The lowest BCUT2D eigenvalue weighted by molar-refractivity contribution is 0.602. The Kier molecular flexibility index (Phi) is 4.32. The van der Waals surface area contributed by atoms with Crippen molar-refractivity contribution in [1.82, 2.24) is 0 Å². The van der Waals surface area contributed by atoms with Crippen LogP contribution >= 0.6 is 27.3 Å². The summed E-state index contributed by atoms with van der Waals surface area (Å²) in [5.74, 6) is 0. The summed E-state index contributed by atoms with van der Waals surface area (Å²) in [5.41, 5.74) is 0.637. The Morgan fingerprint density at radius 3 is 2.53 bits per heavy atom. The molecule has 3 nitrogen and oxygen atoms in total. The molecule has 0 saturated heterocycles. The molecule has 0 aliphatic heterocycles. The zero-order valence-electron chi connectivity index (χ0n) is 10.6. The van der Waals surface area contributed by atoms with Crippen molar-refractivity contribution in [3.63, 3.8) is 0 Å². The number of rotatable bonds is 4. The van der Waals surface area contributed by atoms with Crippen molar-refractivity contribution in [2.75, 3.05) is 11.6 Å². The highest BCUT2D eigenvalue weighted by Gasteiger charge is 2.16. The highest BCUT2D eigenvalue weighted by molar-refractivity contribution is 9.10. The number of halogens is 1. The number of benzene rings is 1. The Balaban J connectivity index is 2.32. The first-order chi connectivity index (χ1) is 8.89. The first-order valence-corrected chi connectivity index (χ1v) is 9.24. The maximum Gasteiger partial charge on any atom is 0.177 e. The molecule has 1 unspecified atom stereocenters. The van der Waals surface area contributed by atoms with Crippen LogP contribution in [0.5, 0.6) is 0 Å². The molecular formula is C13H14BrNO2S2. The van der Waals surface area contributed by atoms with E-state index in [4.69, 9.17) is 0 Å². The van der Waals surface area contributed by atoms with Crippen molar-refractivity contribution in [3.05, 3.63) is 45.1 Å². The van der Waals surface area contributed by atoms with Crippen LogP contribution in [0.25, 0.3) is 0 Å². The van der Waals surface area contributed by atoms with Crippen LogP contribution in [0.2, 0.25) is 0 Å². The molecule has 1 aromatic carbocycles. The summed E-state index contributed by atoms with van der Waals surface area (Å²) in [5, 5.41) is 5.26. The molecular weight excluding hydrogens is 346 g/mol. The van der Waals surface area contributed by atoms with Gasteiger partial charge in [0, 0.05) is 15.6 Å². The number of anilines is 1. The van der Waals surface area contributed by atoms with Gasteiger partial charge in [-0.25, -0.2) is 8.42 Å². The maximum absolute atomic E-state index is 11.7. The van der Waals surface area contributed by atoms with Crippen molar-refractivity contribution in [2.45, 2.75) is 17.9 Å². The molecule has 2 aromatic rings. The zero-order valence-corrected chi connectivity index (χ0v) is 13.8.